The lowest BCUT2D eigenvalue weighted by Crippen LogP contribution is -2.37. The van der Waals surface area contributed by atoms with E-state index in [0.29, 0.717) is 5.69 Å². The Morgan fingerprint density at radius 2 is 2.05 bits per heavy atom. The number of aliphatic hydroxyl groups is 1. The SMILES string of the molecule is CCC1CCC(NS(=O)(=O)c2c[nH]c(CO)c2)CC1. The van der Waals surface area contributed by atoms with Crippen LogP contribution in [0.3, 0.4) is 0 Å². The molecule has 0 unspecified atom stereocenters. The molecule has 0 saturated heterocycles. The van der Waals surface area contributed by atoms with Gasteiger partial charge in [-0.15, -0.1) is 0 Å². The Hall–Kier alpha value is -0.850. The predicted octanol–water partition coefficient (Wildman–Crippen LogP) is 1.75. The highest BCUT2D eigenvalue weighted by Crippen LogP contribution is 2.27. The number of rotatable bonds is 5. The van der Waals surface area contributed by atoms with E-state index < -0.39 is 10.0 Å². The van der Waals surface area contributed by atoms with Gasteiger partial charge in [0.2, 0.25) is 10.0 Å². The van der Waals surface area contributed by atoms with Crippen molar-refractivity contribution in [2.75, 3.05) is 0 Å². The monoisotopic (exact) mass is 286 g/mol. The molecule has 108 valence electrons. The fourth-order valence-electron chi connectivity index (χ4n) is 2.64. The van der Waals surface area contributed by atoms with Crippen LogP contribution >= 0.6 is 0 Å². The third kappa shape index (κ3) is 3.58. The Bertz CT molecular complexity index is 502. The topological polar surface area (TPSA) is 82.2 Å². The van der Waals surface area contributed by atoms with E-state index in [1.165, 1.54) is 18.7 Å². The molecule has 1 aromatic rings. The van der Waals surface area contributed by atoms with Gasteiger partial charge in [-0.1, -0.05) is 13.3 Å². The van der Waals surface area contributed by atoms with Crippen LogP contribution in [0.1, 0.15) is 44.7 Å². The molecule has 1 saturated carbocycles. The molecule has 2 rings (SSSR count). The van der Waals surface area contributed by atoms with Crippen molar-refractivity contribution >= 4 is 10.0 Å². The first-order valence-electron chi connectivity index (χ1n) is 6.85. The van der Waals surface area contributed by atoms with E-state index in [2.05, 4.69) is 16.6 Å². The Labute approximate surface area is 114 Å². The van der Waals surface area contributed by atoms with Gasteiger partial charge in [0.1, 0.15) is 0 Å². The van der Waals surface area contributed by atoms with Crippen LogP contribution in [-0.4, -0.2) is 24.6 Å². The van der Waals surface area contributed by atoms with E-state index in [1.807, 2.05) is 0 Å². The van der Waals surface area contributed by atoms with Crippen molar-refractivity contribution in [3.8, 4) is 0 Å². The fourth-order valence-corrected chi connectivity index (χ4v) is 3.96. The second-order valence-corrected chi connectivity index (χ2v) is 6.98. The van der Waals surface area contributed by atoms with Gasteiger partial charge in [0.15, 0.2) is 0 Å². The van der Waals surface area contributed by atoms with Gasteiger partial charge in [-0.2, -0.15) is 0 Å². The first-order valence-corrected chi connectivity index (χ1v) is 8.34. The van der Waals surface area contributed by atoms with Gasteiger partial charge in [0.25, 0.3) is 0 Å². The molecule has 0 spiro atoms. The molecule has 0 radical (unpaired) electrons. The summed E-state index contributed by atoms with van der Waals surface area (Å²) in [6, 6.07) is 1.51. The van der Waals surface area contributed by atoms with Gasteiger partial charge < -0.3 is 10.1 Å². The molecule has 1 aliphatic rings. The maximum absolute atomic E-state index is 12.2. The lowest BCUT2D eigenvalue weighted by molar-refractivity contribution is 0.277. The lowest BCUT2D eigenvalue weighted by Gasteiger charge is -2.28. The van der Waals surface area contributed by atoms with Crippen molar-refractivity contribution in [3.63, 3.8) is 0 Å². The number of hydrogen-bond acceptors (Lipinski definition) is 3. The van der Waals surface area contributed by atoms with Crippen LogP contribution in [0.5, 0.6) is 0 Å². The third-order valence-electron chi connectivity index (χ3n) is 3.94. The summed E-state index contributed by atoms with van der Waals surface area (Å²) in [6.45, 7) is 2.00. The molecule has 1 heterocycles. The van der Waals surface area contributed by atoms with Crippen LogP contribution < -0.4 is 4.72 Å². The minimum Gasteiger partial charge on any atom is -0.390 e. The molecular weight excluding hydrogens is 264 g/mol. The molecule has 0 aliphatic heterocycles. The number of nitrogens with one attached hydrogen (secondary N) is 2. The predicted molar refractivity (Wildman–Crippen MR) is 73.1 cm³/mol. The highest BCUT2D eigenvalue weighted by Gasteiger charge is 2.25. The van der Waals surface area contributed by atoms with E-state index in [-0.39, 0.29) is 17.5 Å². The zero-order valence-corrected chi connectivity index (χ0v) is 12.0. The van der Waals surface area contributed by atoms with Crippen molar-refractivity contribution in [1.82, 2.24) is 9.71 Å². The van der Waals surface area contributed by atoms with Crippen LogP contribution in [0.25, 0.3) is 0 Å². The average Bonchev–Trinajstić information content (AvgIpc) is 2.89. The summed E-state index contributed by atoms with van der Waals surface area (Å²) in [5.41, 5.74) is 0.509. The quantitative estimate of drug-likeness (QED) is 0.771. The molecule has 3 N–H and O–H groups in total. The van der Waals surface area contributed by atoms with Crippen molar-refractivity contribution < 1.29 is 13.5 Å². The summed E-state index contributed by atoms with van der Waals surface area (Å²) in [7, 11) is -3.47. The molecule has 5 nitrogen and oxygen atoms in total. The molecule has 6 heteroatoms. The molecule has 0 aromatic carbocycles. The molecule has 0 bridgehead atoms. The first-order chi connectivity index (χ1) is 9.05. The zero-order valence-electron chi connectivity index (χ0n) is 11.2. The highest BCUT2D eigenvalue weighted by molar-refractivity contribution is 7.89. The van der Waals surface area contributed by atoms with E-state index in [1.54, 1.807) is 0 Å². The molecule has 19 heavy (non-hydrogen) atoms. The molecule has 1 fully saturated rings. The standard InChI is InChI=1S/C13H22N2O3S/c1-2-10-3-5-11(6-4-10)15-19(17,18)13-7-12(9-16)14-8-13/h7-8,10-11,14-16H,2-6,9H2,1H3. The molecule has 1 aliphatic carbocycles. The van der Waals surface area contributed by atoms with Crippen LogP contribution in [0.4, 0.5) is 0 Å². The van der Waals surface area contributed by atoms with Gasteiger partial charge in [0.05, 0.1) is 11.5 Å². The van der Waals surface area contributed by atoms with Gasteiger partial charge >= 0.3 is 0 Å². The minimum atomic E-state index is -3.47. The largest absolute Gasteiger partial charge is 0.390 e. The van der Waals surface area contributed by atoms with Crippen molar-refractivity contribution in [1.29, 1.82) is 0 Å². The molecular formula is C13H22N2O3S. The maximum Gasteiger partial charge on any atom is 0.242 e. The molecule has 1 aromatic heterocycles. The van der Waals surface area contributed by atoms with Crippen LogP contribution in [0.2, 0.25) is 0 Å². The normalized spacial score (nSPS) is 24.5. The second-order valence-electron chi connectivity index (χ2n) is 5.27. The van der Waals surface area contributed by atoms with Crippen molar-refractivity contribution in [3.05, 3.63) is 18.0 Å². The van der Waals surface area contributed by atoms with E-state index in [4.69, 9.17) is 5.11 Å². The number of sulfonamides is 1. The Balaban J connectivity index is 1.98. The van der Waals surface area contributed by atoms with Gasteiger partial charge in [0, 0.05) is 17.9 Å². The van der Waals surface area contributed by atoms with Gasteiger partial charge in [-0.05, 0) is 37.7 Å². The summed E-state index contributed by atoms with van der Waals surface area (Å²) in [5.74, 6) is 0.744. The maximum atomic E-state index is 12.2. The number of H-pyrrole nitrogens is 1. The van der Waals surface area contributed by atoms with Crippen molar-refractivity contribution in [2.45, 2.75) is 56.6 Å². The number of hydrogen-bond donors (Lipinski definition) is 3. The first kappa shape index (κ1) is 14.6. The Morgan fingerprint density at radius 1 is 1.37 bits per heavy atom. The summed E-state index contributed by atoms with van der Waals surface area (Å²) >= 11 is 0. The number of aromatic nitrogens is 1. The Kier molecular flexibility index (Phi) is 4.65. The zero-order chi connectivity index (χ0) is 13.9. The van der Waals surface area contributed by atoms with Gasteiger partial charge in [-0.25, -0.2) is 13.1 Å². The smallest absolute Gasteiger partial charge is 0.242 e. The number of aliphatic hydroxyl groups excluding tert-OH is 1. The summed E-state index contributed by atoms with van der Waals surface area (Å²) in [4.78, 5) is 2.95. The van der Waals surface area contributed by atoms with Gasteiger partial charge in [-0.3, -0.25) is 0 Å². The molecule has 0 amide bonds. The van der Waals surface area contributed by atoms with Crippen LogP contribution in [0.15, 0.2) is 17.2 Å². The third-order valence-corrected chi connectivity index (χ3v) is 5.44. The van der Waals surface area contributed by atoms with E-state index in [0.717, 1.165) is 31.6 Å². The summed E-state index contributed by atoms with van der Waals surface area (Å²) in [5, 5.41) is 8.95. The average molecular weight is 286 g/mol. The minimum absolute atomic E-state index is 0.0419. The molecule has 0 atom stereocenters. The Morgan fingerprint density at radius 3 is 2.58 bits per heavy atom. The highest BCUT2D eigenvalue weighted by atomic mass is 32.2. The lowest BCUT2D eigenvalue weighted by atomic mass is 9.85. The summed E-state index contributed by atoms with van der Waals surface area (Å²) < 4.78 is 27.1. The van der Waals surface area contributed by atoms with Crippen LogP contribution in [0, 0.1) is 5.92 Å². The van der Waals surface area contributed by atoms with E-state index in [9.17, 15) is 8.42 Å². The summed E-state index contributed by atoms with van der Waals surface area (Å²) in [6.07, 6.45) is 6.62. The number of aromatic amines is 1. The fraction of sp³-hybridized carbons (Fsp3) is 0.692. The van der Waals surface area contributed by atoms with E-state index >= 15 is 0 Å². The van der Waals surface area contributed by atoms with Crippen molar-refractivity contribution in [2.24, 2.45) is 5.92 Å². The second kappa shape index (κ2) is 6.07. The van der Waals surface area contributed by atoms with Crippen LogP contribution in [-0.2, 0) is 16.6 Å².